The Balaban J connectivity index is 1.80. The van der Waals surface area contributed by atoms with Crippen molar-refractivity contribution in [1.29, 1.82) is 0 Å². The SMILES string of the molecule is CCc1ccc(C(=O)N(CCC(C)C)CC(=O)N(Cc2cccn2Cc2cccc(OC)c2)C(C)CC)cc1. The molecule has 0 fully saturated rings. The van der Waals surface area contributed by atoms with E-state index in [0.717, 1.165) is 36.3 Å². The minimum absolute atomic E-state index is 0.0271. The number of aryl methyl sites for hydroxylation is 1. The van der Waals surface area contributed by atoms with Crippen LogP contribution in [0.4, 0.5) is 0 Å². The molecule has 3 rings (SSSR count). The van der Waals surface area contributed by atoms with Crippen LogP contribution in [0.1, 0.15) is 74.6 Å². The summed E-state index contributed by atoms with van der Waals surface area (Å²) in [5, 5.41) is 0. The van der Waals surface area contributed by atoms with Gasteiger partial charge in [0.25, 0.3) is 5.91 Å². The van der Waals surface area contributed by atoms with Gasteiger partial charge >= 0.3 is 0 Å². The highest BCUT2D eigenvalue weighted by Gasteiger charge is 2.26. The standard InChI is InChI=1S/C33H45N3O3/c1-7-26(5)36(23-30-12-10-19-34(30)22-28-11-9-13-31(21-28)39-6)32(37)24-35(20-18-25(3)4)33(38)29-16-14-27(8-2)15-17-29/h9-17,19,21,25-26H,7-8,18,20,22-24H2,1-6H3. The van der Waals surface area contributed by atoms with Crippen molar-refractivity contribution < 1.29 is 14.3 Å². The minimum Gasteiger partial charge on any atom is -0.497 e. The number of aromatic nitrogens is 1. The summed E-state index contributed by atoms with van der Waals surface area (Å²) < 4.78 is 7.56. The second-order valence-electron chi connectivity index (χ2n) is 10.7. The van der Waals surface area contributed by atoms with Crippen molar-refractivity contribution in [1.82, 2.24) is 14.4 Å². The highest BCUT2D eigenvalue weighted by atomic mass is 16.5. The Morgan fingerprint density at radius 1 is 0.949 bits per heavy atom. The molecule has 6 nitrogen and oxygen atoms in total. The Morgan fingerprint density at radius 3 is 2.33 bits per heavy atom. The van der Waals surface area contributed by atoms with E-state index in [1.54, 1.807) is 12.0 Å². The van der Waals surface area contributed by atoms with Gasteiger partial charge in [0.2, 0.25) is 5.91 Å². The number of benzene rings is 2. The number of hydrogen-bond donors (Lipinski definition) is 0. The Kier molecular flexibility index (Phi) is 11.2. The molecule has 0 aliphatic rings. The molecule has 1 aromatic heterocycles. The molecule has 0 aliphatic heterocycles. The largest absolute Gasteiger partial charge is 0.497 e. The Bertz CT molecular complexity index is 1200. The third kappa shape index (κ3) is 8.47. The summed E-state index contributed by atoms with van der Waals surface area (Å²) in [6, 6.07) is 19.9. The van der Waals surface area contributed by atoms with Gasteiger partial charge in [-0.2, -0.15) is 0 Å². The van der Waals surface area contributed by atoms with Crippen molar-refractivity contribution in [3.63, 3.8) is 0 Å². The molecule has 0 aliphatic carbocycles. The van der Waals surface area contributed by atoms with Gasteiger partial charge in [-0.25, -0.2) is 0 Å². The predicted molar refractivity (Wildman–Crippen MR) is 158 cm³/mol. The number of hydrogen-bond acceptors (Lipinski definition) is 3. The fourth-order valence-corrected chi connectivity index (χ4v) is 4.59. The van der Waals surface area contributed by atoms with Crippen molar-refractivity contribution in [3.8, 4) is 5.75 Å². The third-order valence-corrected chi connectivity index (χ3v) is 7.39. The molecular formula is C33H45N3O3. The zero-order valence-electron chi connectivity index (χ0n) is 24.5. The molecule has 0 saturated carbocycles. The third-order valence-electron chi connectivity index (χ3n) is 7.39. The molecule has 210 valence electrons. The van der Waals surface area contributed by atoms with Crippen LogP contribution in [0.3, 0.4) is 0 Å². The van der Waals surface area contributed by atoms with Gasteiger partial charge in [0.05, 0.1) is 13.7 Å². The minimum atomic E-state index is -0.0860. The number of methoxy groups -OCH3 is 1. The van der Waals surface area contributed by atoms with Crippen LogP contribution in [0, 0.1) is 5.92 Å². The van der Waals surface area contributed by atoms with E-state index in [0.29, 0.717) is 31.1 Å². The monoisotopic (exact) mass is 531 g/mol. The van der Waals surface area contributed by atoms with Crippen molar-refractivity contribution in [3.05, 3.63) is 89.2 Å². The summed E-state index contributed by atoms with van der Waals surface area (Å²) in [5.74, 6) is 1.15. The second kappa shape index (κ2) is 14.6. The lowest BCUT2D eigenvalue weighted by molar-refractivity contribution is -0.134. The maximum absolute atomic E-state index is 13.8. The fraction of sp³-hybridized carbons (Fsp3) is 0.455. The van der Waals surface area contributed by atoms with Gasteiger partial charge in [0.15, 0.2) is 0 Å². The van der Waals surface area contributed by atoms with E-state index in [9.17, 15) is 9.59 Å². The number of nitrogens with zero attached hydrogens (tertiary/aromatic N) is 3. The number of rotatable bonds is 14. The van der Waals surface area contributed by atoms with Gasteiger partial charge in [-0.1, -0.05) is 52.0 Å². The molecule has 1 unspecified atom stereocenters. The number of carbonyl (C=O) groups excluding carboxylic acids is 2. The van der Waals surface area contributed by atoms with Gasteiger partial charge < -0.3 is 19.1 Å². The molecule has 3 aromatic rings. The molecule has 0 spiro atoms. The summed E-state index contributed by atoms with van der Waals surface area (Å²) in [6.45, 7) is 12.4. The predicted octanol–water partition coefficient (Wildman–Crippen LogP) is 6.42. The average molecular weight is 532 g/mol. The molecule has 0 bridgehead atoms. The van der Waals surface area contributed by atoms with Gasteiger partial charge in [-0.05, 0) is 79.6 Å². The summed E-state index contributed by atoms with van der Waals surface area (Å²) >= 11 is 0. The van der Waals surface area contributed by atoms with Crippen LogP contribution >= 0.6 is 0 Å². The maximum Gasteiger partial charge on any atom is 0.254 e. The molecule has 0 radical (unpaired) electrons. The first-order valence-electron chi connectivity index (χ1n) is 14.2. The van der Waals surface area contributed by atoms with E-state index in [1.165, 1.54) is 5.56 Å². The highest BCUT2D eigenvalue weighted by molar-refractivity contribution is 5.96. The van der Waals surface area contributed by atoms with Gasteiger partial charge in [0, 0.05) is 36.6 Å². The molecule has 2 aromatic carbocycles. The first-order valence-corrected chi connectivity index (χ1v) is 14.2. The highest BCUT2D eigenvalue weighted by Crippen LogP contribution is 2.18. The summed E-state index contributed by atoms with van der Waals surface area (Å²) in [6.07, 6.45) is 4.65. The molecule has 39 heavy (non-hydrogen) atoms. The van der Waals surface area contributed by atoms with Crippen LogP contribution < -0.4 is 4.74 Å². The van der Waals surface area contributed by atoms with Crippen molar-refractivity contribution >= 4 is 11.8 Å². The zero-order chi connectivity index (χ0) is 28.4. The van der Waals surface area contributed by atoms with Crippen LogP contribution in [-0.4, -0.2) is 52.4 Å². The molecule has 2 amide bonds. The lowest BCUT2D eigenvalue weighted by atomic mass is 10.1. The normalized spacial score (nSPS) is 11.9. The van der Waals surface area contributed by atoms with E-state index in [-0.39, 0.29) is 24.4 Å². The van der Waals surface area contributed by atoms with E-state index >= 15 is 0 Å². The van der Waals surface area contributed by atoms with Crippen LogP contribution in [0.5, 0.6) is 5.75 Å². The Hall–Kier alpha value is -3.54. The molecule has 0 saturated heterocycles. The zero-order valence-corrected chi connectivity index (χ0v) is 24.5. The van der Waals surface area contributed by atoms with E-state index < -0.39 is 0 Å². The van der Waals surface area contributed by atoms with Crippen molar-refractivity contribution in [2.45, 2.75) is 73.0 Å². The van der Waals surface area contributed by atoms with Gasteiger partial charge in [-0.15, -0.1) is 0 Å². The summed E-state index contributed by atoms with van der Waals surface area (Å²) in [4.78, 5) is 31.0. The number of amides is 2. The van der Waals surface area contributed by atoms with Gasteiger partial charge in [-0.3, -0.25) is 9.59 Å². The Labute approximate surface area is 234 Å². The quantitative estimate of drug-likeness (QED) is 0.241. The summed E-state index contributed by atoms with van der Waals surface area (Å²) in [5.41, 5.74) is 4.01. The Morgan fingerprint density at radius 2 is 1.69 bits per heavy atom. The van der Waals surface area contributed by atoms with Crippen LogP contribution in [0.15, 0.2) is 66.9 Å². The average Bonchev–Trinajstić information content (AvgIpc) is 3.39. The fourth-order valence-electron chi connectivity index (χ4n) is 4.59. The number of ether oxygens (including phenoxy) is 1. The molecule has 1 atom stereocenters. The maximum atomic E-state index is 13.8. The van der Waals surface area contributed by atoms with E-state index in [2.05, 4.69) is 51.3 Å². The molecule has 1 heterocycles. The van der Waals surface area contributed by atoms with Crippen LogP contribution in [0.25, 0.3) is 0 Å². The second-order valence-corrected chi connectivity index (χ2v) is 10.7. The smallest absolute Gasteiger partial charge is 0.254 e. The van der Waals surface area contributed by atoms with Crippen molar-refractivity contribution in [2.24, 2.45) is 5.92 Å². The first-order chi connectivity index (χ1) is 18.7. The molecular weight excluding hydrogens is 486 g/mol. The van der Waals surface area contributed by atoms with E-state index in [4.69, 9.17) is 4.74 Å². The topological polar surface area (TPSA) is 54.8 Å². The van der Waals surface area contributed by atoms with Crippen molar-refractivity contribution in [2.75, 3.05) is 20.2 Å². The number of carbonyl (C=O) groups is 2. The van der Waals surface area contributed by atoms with E-state index in [1.807, 2.05) is 59.6 Å². The van der Waals surface area contributed by atoms with Crippen LogP contribution in [0.2, 0.25) is 0 Å². The summed E-state index contributed by atoms with van der Waals surface area (Å²) in [7, 11) is 1.67. The molecule has 6 heteroatoms. The lowest BCUT2D eigenvalue weighted by Gasteiger charge is -2.32. The van der Waals surface area contributed by atoms with Gasteiger partial charge in [0.1, 0.15) is 12.3 Å². The van der Waals surface area contributed by atoms with Crippen LogP contribution in [-0.2, 0) is 24.3 Å². The lowest BCUT2D eigenvalue weighted by Crippen LogP contribution is -2.46. The molecule has 0 N–H and O–H groups in total. The first kappa shape index (κ1) is 30.0.